The van der Waals surface area contributed by atoms with Gasteiger partial charge in [0.05, 0.1) is 33.4 Å². The molecule has 45 heavy (non-hydrogen) atoms. The number of hydrogen-bond donors (Lipinski definition) is 0. The number of amides is 2. The predicted molar refractivity (Wildman–Crippen MR) is 177 cm³/mol. The Hall–Kier alpha value is -5.08. The van der Waals surface area contributed by atoms with E-state index in [1.807, 2.05) is 95.3 Å². The molecule has 0 saturated carbocycles. The van der Waals surface area contributed by atoms with Crippen molar-refractivity contribution in [2.75, 3.05) is 9.80 Å². The maximum Gasteiger partial charge on any atom is 0.297 e. The third-order valence-electron chi connectivity index (χ3n) is 9.17. The Morgan fingerprint density at radius 2 is 1.60 bits per heavy atom. The molecule has 2 amide bonds. The minimum atomic E-state index is -1.79. The van der Waals surface area contributed by atoms with E-state index in [-0.39, 0.29) is 29.2 Å². The molecule has 2 aliphatic rings. The number of hydrogen-bond acceptors (Lipinski definition) is 6. The number of carbonyl (C=O) groups excluding carboxylic acids is 2. The molecular formula is C37H29N3O4S. The van der Waals surface area contributed by atoms with Crippen LogP contribution in [0, 0.1) is 34.6 Å². The molecule has 1 atom stereocenters. The summed E-state index contributed by atoms with van der Waals surface area (Å²) in [5.41, 5.74) is 6.03. The zero-order valence-electron chi connectivity index (χ0n) is 25.5. The molecule has 0 bridgehead atoms. The number of para-hydroxylation sites is 1. The number of rotatable bonds is 3. The Kier molecular flexibility index (Phi) is 5.77. The lowest BCUT2D eigenvalue weighted by molar-refractivity contribution is -0.121. The van der Waals surface area contributed by atoms with Gasteiger partial charge in [0.1, 0.15) is 5.58 Å². The fourth-order valence-electron chi connectivity index (χ4n) is 7.02. The lowest BCUT2D eigenvalue weighted by Gasteiger charge is -2.32. The lowest BCUT2D eigenvalue weighted by Crippen LogP contribution is -2.53. The molecule has 2 aromatic heterocycles. The van der Waals surface area contributed by atoms with Crippen LogP contribution in [0.15, 0.2) is 82.0 Å². The largest absolute Gasteiger partial charge is 0.450 e. The summed E-state index contributed by atoms with van der Waals surface area (Å²) in [5.74, 6) is -1.07. The van der Waals surface area contributed by atoms with Crippen LogP contribution < -0.4 is 15.2 Å². The fraction of sp³-hybridized carbons (Fsp3) is 0.189. The van der Waals surface area contributed by atoms with Gasteiger partial charge in [-0.1, -0.05) is 65.4 Å². The molecule has 0 aliphatic carbocycles. The second-order valence-electron chi connectivity index (χ2n) is 12.2. The van der Waals surface area contributed by atoms with Crippen molar-refractivity contribution in [2.24, 2.45) is 0 Å². The van der Waals surface area contributed by atoms with Gasteiger partial charge >= 0.3 is 0 Å². The van der Waals surface area contributed by atoms with E-state index >= 15 is 4.79 Å². The number of aryl methyl sites for hydroxylation is 5. The molecule has 7 nitrogen and oxygen atoms in total. The molecule has 8 rings (SSSR count). The van der Waals surface area contributed by atoms with Crippen LogP contribution in [-0.2, 0) is 16.9 Å². The maximum atomic E-state index is 15.2. The van der Waals surface area contributed by atoms with Crippen molar-refractivity contribution in [3.63, 3.8) is 0 Å². The quantitative estimate of drug-likeness (QED) is 0.208. The summed E-state index contributed by atoms with van der Waals surface area (Å²) in [4.78, 5) is 52.7. The number of fused-ring (bicyclic) bond motifs is 6. The van der Waals surface area contributed by atoms with E-state index < -0.39 is 11.4 Å². The van der Waals surface area contributed by atoms with Gasteiger partial charge in [-0.2, -0.15) is 0 Å². The molecule has 1 spiro atoms. The second-order valence-corrected chi connectivity index (χ2v) is 13.3. The van der Waals surface area contributed by atoms with Crippen LogP contribution in [0.2, 0.25) is 0 Å². The van der Waals surface area contributed by atoms with Crippen LogP contribution >= 0.6 is 11.3 Å². The Balaban J connectivity index is 1.46. The van der Waals surface area contributed by atoms with Crippen molar-refractivity contribution in [3.8, 4) is 0 Å². The first-order valence-corrected chi connectivity index (χ1v) is 15.7. The average Bonchev–Trinajstić information content (AvgIpc) is 3.61. The molecule has 0 fully saturated rings. The van der Waals surface area contributed by atoms with Gasteiger partial charge < -0.3 is 9.32 Å². The Morgan fingerprint density at radius 1 is 0.822 bits per heavy atom. The normalized spacial score (nSPS) is 17.3. The number of anilines is 2. The van der Waals surface area contributed by atoms with Crippen molar-refractivity contribution in [1.82, 2.24) is 4.98 Å². The number of nitrogens with zero attached hydrogens (tertiary/aromatic N) is 3. The number of thiazole rings is 1. The van der Waals surface area contributed by atoms with Gasteiger partial charge in [0.25, 0.3) is 11.8 Å². The standard InChI is InChI=1S/C37H29N3O4S/c1-19-9-8-10-24(14-19)18-39-27-12-7-6-11-26(27)37(35(39)43)30-32(41)25-16-21(3)22(4)17-28(25)44-33(30)34(42)40(37)36-38-31-23(5)13-20(2)15-29(31)45-36/h6-17H,18H2,1-5H3. The molecule has 4 heterocycles. The van der Waals surface area contributed by atoms with Crippen LogP contribution in [0.4, 0.5) is 10.8 Å². The minimum absolute atomic E-state index is 0.0413. The summed E-state index contributed by atoms with van der Waals surface area (Å²) in [5, 5.41) is 0.676. The monoisotopic (exact) mass is 611 g/mol. The Bertz CT molecular complexity index is 2350. The highest BCUT2D eigenvalue weighted by atomic mass is 32.1. The highest BCUT2D eigenvalue weighted by Gasteiger charge is 2.66. The lowest BCUT2D eigenvalue weighted by atomic mass is 9.84. The van der Waals surface area contributed by atoms with Gasteiger partial charge in [0, 0.05) is 5.56 Å². The molecule has 2 aliphatic heterocycles. The highest BCUT2D eigenvalue weighted by molar-refractivity contribution is 7.22. The topological polar surface area (TPSA) is 83.7 Å². The van der Waals surface area contributed by atoms with Gasteiger partial charge in [-0.15, -0.1) is 0 Å². The molecule has 0 N–H and O–H groups in total. The Morgan fingerprint density at radius 3 is 2.40 bits per heavy atom. The summed E-state index contributed by atoms with van der Waals surface area (Å²) >= 11 is 1.34. The van der Waals surface area contributed by atoms with Gasteiger partial charge in [-0.05, 0) is 86.7 Å². The van der Waals surface area contributed by atoms with E-state index in [9.17, 15) is 9.59 Å². The fourth-order valence-corrected chi connectivity index (χ4v) is 8.22. The maximum absolute atomic E-state index is 15.2. The Labute approximate surface area is 263 Å². The van der Waals surface area contributed by atoms with Crippen molar-refractivity contribution in [2.45, 2.75) is 46.7 Å². The van der Waals surface area contributed by atoms with Gasteiger partial charge in [0.15, 0.2) is 16.1 Å². The molecule has 0 radical (unpaired) electrons. The zero-order valence-corrected chi connectivity index (χ0v) is 26.3. The summed E-state index contributed by atoms with van der Waals surface area (Å²) in [6.45, 7) is 10.1. The first-order chi connectivity index (χ1) is 21.6. The molecular weight excluding hydrogens is 582 g/mol. The van der Waals surface area contributed by atoms with Gasteiger partial charge in [-0.25, -0.2) is 4.98 Å². The molecule has 8 heteroatoms. The summed E-state index contributed by atoms with van der Waals surface area (Å²) in [7, 11) is 0. The first-order valence-electron chi connectivity index (χ1n) is 14.9. The first kappa shape index (κ1) is 27.5. The number of benzene rings is 4. The van der Waals surface area contributed by atoms with E-state index in [4.69, 9.17) is 9.40 Å². The van der Waals surface area contributed by atoms with Crippen molar-refractivity contribution >= 4 is 55.2 Å². The molecule has 4 aromatic carbocycles. The SMILES string of the molecule is Cc1cccc(CN2C(=O)C3(c4ccccc42)c2c(oc4cc(C)c(C)cc4c2=O)C(=O)N3c2nc3c(C)cc(C)cc3s2)c1. The van der Waals surface area contributed by atoms with E-state index in [2.05, 4.69) is 0 Å². The zero-order chi connectivity index (χ0) is 31.4. The smallest absolute Gasteiger partial charge is 0.297 e. The molecule has 6 aromatic rings. The number of carbonyl (C=O) groups is 2. The third kappa shape index (κ3) is 3.69. The third-order valence-corrected chi connectivity index (χ3v) is 10.2. The second kappa shape index (κ2) is 9.46. The van der Waals surface area contributed by atoms with Crippen LogP contribution in [-0.4, -0.2) is 16.8 Å². The summed E-state index contributed by atoms with van der Waals surface area (Å²) in [6.07, 6.45) is 0. The van der Waals surface area contributed by atoms with E-state index in [1.54, 1.807) is 17.0 Å². The molecule has 1 unspecified atom stereocenters. The van der Waals surface area contributed by atoms with Crippen LogP contribution in [0.1, 0.15) is 55.1 Å². The predicted octanol–water partition coefficient (Wildman–Crippen LogP) is 7.40. The van der Waals surface area contributed by atoms with Crippen LogP contribution in [0.25, 0.3) is 21.2 Å². The summed E-state index contributed by atoms with van der Waals surface area (Å²) in [6, 6.07) is 23.1. The minimum Gasteiger partial charge on any atom is -0.450 e. The molecule has 0 saturated heterocycles. The van der Waals surface area contributed by atoms with Crippen LogP contribution in [0.5, 0.6) is 0 Å². The number of aromatic nitrogens is 1. The van der Waals surface area contributed by atoms with E-state index in [0.29, 0.717) is 27.4 Å². The highest BCUT2D eigenvalue weighted by Crippen LogP contribution is 2.55. The van der Waals surface area contributed by atoms with Crippen LogP contribution in [0.3, 0.4) is 0 Å². The van der Waals surface area contributed by atoms with Crippen molar-refractivity contribution in [3.05, 3.63) is 133 Å². The van der Waals surface area contributed by atoms with Crippen molar-refractivity contribution in [1.29, 1.82) is 0 Å². The van der Waals surface area contributed by atoms with E-state index in [0.717, 1.165) is 43.6 Å². The van der Waals surface area contributed by atoms with E-state index in [1.165, 1.54) is 16.2 Å². The van der Waals surface area contributed by atoms with Gasteiger partial charge in [-0.3, -0.25) is 19.3 Å². The molecule has 222 valence electrons. The van der Waals surface area contributed by atoms with Gasteiger partial charge in [0.2, 0.25) is 5.76 Å². The average molecular weight is 612 g/mol. The summed E-state index contributed by atoms with van der Waals surface area (Å²) < 4.78 is 7.23. The van der Waals surface area contributed by atoms with Crippen molar-refractivity contribution < 1.29 is 14.0 Å².